The average Bonchev–Trinajstić information content (AvgIpc) is 3.16. The van der Waals surface area contributed by atoms with Crippen LogP contribution < -0.4 is 10.1 Å². The van der Waals surface area contributed by atoms with Crippen molar-refractivity contribution < 1.29 is 4.74 Å². The molecular formula is C16H25NO. The fourth-order valence-corrected chi connectivity index (χ4v) is 2.56. The molecule has 2 nitrogen and oxygen atoms in total. The van der Waals surface area contributed by atoms with E-state index in [1.54, 1.807) is 7.11 Å². The Balaban J connectivity index is 2.27. The monoisotopic (exact) mass is 247 g/mol. The second-order valence-corrected chi connectivity index (χ2v) is 5.68. The maximum Gasteiger partial charge on any atom is 0.122 e. The quantitative estimate of drug-likeness (QED) is 0.831. The molecule has 1 fully saturated rings. The summed E-state index contributed by atoms with van der Waals surface area (Å²) in [5.41, 5.74) is 3.07. The lowest BCUT2D eigenvalue weighted by molar-refractivity contribution is 0.401. The standard InChI is InChI=1S/C16H25NO/c1-5-17-11-16(8-9-16)14-7-6-13(12(2)3)10-15(14)18-4/h6-7,10,12,17H,5,8-9,11H2,1-4H3. The van der Waals surface area contributed by atoms with Crippen LogP contribution in [0, 0.1) is 0 Å². The SMILES string of the molecule is CCNCC1(c2ccc(C(C)C)cc2OC)CC1. The van der Waals surface area contributed by atoms with Gasteiger partial charge in [-0.25, -0.2) is 0 Å². The smallest absolute Gasteiger partial charge is 0.122 e. The lowest BCUT2D eigenvalue weighted by Crippen LogP contribution is -2.27. The van der Waals surface area contributed by atoms with E-state index in [2.05, 4.69) is 44.3 Å². The third-order valence-corrected chi connectivity index (χ3v) is 4.03. The Morgan fingerprint density at radius 3 is 2.56 bits per heavy atom. The molecule has 1 aromatic rings. The number of hydrogen-bond donors (Lipinski definition) is 1. The fraction of sp³-hybridized carbons (Fsp3) is 0.625. The van der Waals surface area contributed by atoms with E-state index >= 15 is 0 Å². The zero-order valence-corrected chi connectivity index (χ0v) is 12.0. The van der Waals surface area contributed by atoms with Gasteiger partial charge >= 0.3 is 0 Å². The molecule has 0 aromatic heterocycles. The molecule has 0 bridgehead atoms. The molecule has 0 unspecified atom stereocenters. The minimum atomic E-state index is 0.330. The molecule has 0 spiro atoms. The molecule has 2 heteroatoms. The molecule has 0 saturated heterocycles. The topological polar surface area (TPSA) is 21.3 Å². The largest absolute Gasteiger partial charge is 0.496 e. The molecule has 1 saturated carbocycles. The highest BCUT2D eigenvalue weighted by molar-refractivity contribution is 5.46. The van der Waals surface area contributed by atoms with Crippen LogP contribution in [-0.2, 0) is 5.41 Å². The van der Waals surface area contributed by atoms with Crippen molar-refractivity contribution >= 4 is 0 Å². The van der Waals surface area contributed by atoms with Crippen LogP contribution in [0.4, 0.5) is 0 Å². The molecule has 2 rings (SSSR count). The molecule has 0 aliphatic heterocycles. The maximum atomic E-state index is 5.61. The van der Waals surface area contributed by atoms with Crippen molar-refractivity contribution in [2.24, 2.45) is 0 Å². The summed E-state index contributed by atoms with van der Waals surface area (Å²) in [5.74, 6) is 1.62. The minimum Gasteiger partial charge on any atom is -0.496 e. The van der Waals surface area contributed by atoms with Gasteiger partial charge in [0.15, 0.2) is 0 Å². The highest BCUT2D eigenvalue weighted by Gasteiger charge is 2.45. The predicted molar refractivity (Wildman–Crippen MR) is 76.5 cm³/mol. The summed E-state index contributed by atoms with van der Waals surface area (Å²) >= 11 is 0. The van der Waals surface area contributed by atoms with Crippen molar-refractivity contribution in [3.8, 4) is 5.75 Å². The lowest BCUT2D eigenvalue weighted by Gasteiger charge is -2.20. The fourth-order valence-electron chi connectivity index (χ4n) is 2.56. The first-order valence-electron chi connectivity index (χ1n) is 7.02. The Hall–Kier alpha value is -1.02. The predicted octanol–water partition coefficient (Wildman–Crippen LogP) is 3.46. The van der Waals surface area contributed by atoms with Crippen LogP contribution in [0.1, 0.15) is 50.7 Å². The Morgan fingerprint density at radius 2 is 2.06 bits per heavy atom. The first-order chi connectivity index (χ1) is 8.63. The van der Waals surface area contributed by atoms with E-state index in [1.807, 2.05) is 0 Å². The van der Waals surface area contributed by atoms with Crippen molar-refractivity contribution in [3.05, 3.63) is 29.3 Å². The molecule has 1 aromatic carbocycles. The van der Waals surface area contributed by atoms with Crippen molar-refractivity contribution in [1.29, 1.82) is 0 Å². The Bertz CT molecular complexity index is 408. The van der Waals surface area contributed by atoms with Gasteiger partial charge in [0.2, 0.25) is 0 Å². The normalized spacial score (nSPS) is 16.9. The molecule has 1 aliphatic rings. The molecule has 0 radical (unpaired) electrons. The second kappa shape index (κ2) is 5.31. The average molecular weight is 247 g/mol. The molecule has 1 aliphatic carbocycles. The second-order valence-electron chi connectivity index (χ2n) is 5.68. The van der Waals surface area contributed by atoms with Gasteiger partial charge in [-0.15, -0.1) is 0 Å². The van der Waals surface area contributed by atoms with E-state index in [9.17, 15) is 0 Å². The summed E-state index contributed by atoms with van der Waals surface area (Å²) < 4.78 is 5.61. The van der Waals surface area contributed by atoms with Gasteiger partial charge in [-0.1, -0.05) is 32.9 Å². The minimum absolute atomic E-state index is 0.330. The van der Waals surface area contributed by atoms with Gasteiger partial charge in [-0.05, 0) is 36.9 Å². The lowest BCUT2D eigenvalue weighted by atomic mass is 9.91. The highest BCUT2D eigenvalue weighted by atomic mass is 16.5. The summed E-state index contributed by atoms with van der Waals surface area (Å²) in [6, 6.07) is 6.75. The highest BCUT2D eigenvalue weighted by Crippen LogP contribution is 2.51. The first-order valence-corrected chi connectivity index (χ1v) is 7.02. The third kappa shape index (κ3) is 2.54. The molecule has 18 heavy (non-hydrogen) atoms. The van der Waals surface area contributed by atoms with Crippen molar-refractivity contribution in [3.63, 3.8) is 0 Å². The van der Waals surface area contributed by atoms with Gasteiger partial charge in [0.1, 0.15) is 5.75 Å². The molecular weight excluding hydrogens is 222 g/mol. The van der Waals surface area contributed by atoms with E-state index in [1.165, 1.54) is 24.0 Å². The molecule has 0 amide bonds. The molecule has 0 atom stereocenters. The zero-order chi connectivity index (χ0) is 13.2. The number of benzene rings is 1. The van der Waals surface area contributed by atoms with E-state index in [4.69, 9.17) is 4.74 Å². The van der Waals surface area contributed by atoms with Crippen LogP contribution in [0.2, 0.25) is 0 Å². The van der Waals surface area contributed by atoms with Gasteiger partial charge in [0.05, 0.1) is 7.11 Å². The third-order valence-electron chi connectivity index (χ3n) is 4.03. The van der Waals surface area contributed by atoms with E-state index in [-0.39, 0.29) is 0 Å². The summed E-state index contributed by atoms with van der Waals surface area (Å²) in [4.78, 5) is 0. The summed E-state index contributed by atoms with van der Waals surface area (Å²) in [7, 11) is 1.78. The van der Waals surface area contributed by atoms with Gasteiger partial charge in [0, 0.05) is 17.5 Å². The Labute approximate surface area is 111 Å². The first kappa shape index (κ1) is 13.4. The summed E-state index contributed by atoms with van der Waals surface area (Å²) in [6.45, 7) is 8.71. The number of methoxy groups -OCH3 is 1. The van der Waals surface area contributed by atoms with Gasteiger partial charge in [-0.3, -0.25) is 0 Å². The summed E-state index contributed by atoms with van der Waals surface area (Å²) in [6.07, 6.45) is 2.55. The van der Waals surface area contributed by atoms with Gasteiger partial charge in [0.25, 0.3) is 0 Å². The van der Waals surface area contributed by atoms with Gasteiger partial charge in [-0.2, -0.15) is 0 Å². The van der Waals surface area contributed by atoms with Crippen molar-refractivity contribution in [1.82, 2.24) is 5.32 Å². The number of hydrogen-bond acceptors (Lipinski definition) is 2. The number of ether oxygens (including phenoxy) is 1. The van der Waals surface area contributed by atoms with Crippen LogP contribution >= 0.6 is 0 Å². The molecule has 0 heterocycles. The number of rotatable bonds is 6. The molecule has 1 N–H and O–H groups in total. The summed E-state index contributed by atoms with van der Waals surface area (Å²) in [5, 5.41) is 3.48. The van der Waals surface area contributed by atoms with Crippen molar-refractivity contribution in [2.45, 2.75) is 44.9 Å². The van der Waals surface area contributed by atoms with Crippen molar-refractivity contribution in [2.75, 3.05) is 20.2 Å². The van der Waals surface area contributed by atoms with E-state index < -0.39 is 0 Å². The van der Waals surface area contributed by atoms with Crippen LogP contribution in [-0.4, -0.2) is 20.2 Å². The number of likely N-dealkylation sites (N-methyl/N-ethyl adjacent to an activating group) is 1. The van der Waals surface area contributed by atoms with Gasteiger partial charge < -0.3 is 10.1 Å². The number of nitrogens with one attached hydrogen (secondary N) is 1. The van der Waals surface area contributed by atoms with E-state index in [0.717, 1.165) is 18.8 Å². The van der Waals surface area contributed by atoms with Crippen LogP contribution in [0.3, 0.4) is 0 Å². The Kier molecular flexibility index (Phi) is 3.96. The Morgan fingerprint density at radius 1 is 1.33 bits per heavy atom. The van der Waals surface area contributed by atoms with E-state index in [0.29, 0.717) is 11.3 Å². The van der Waals surface area contributed by atoms with Crippen LogP contribution in [0.25, 0.3) is 0 Å². The zero-order valence-electron chi connectivity index (χ0n) is 12.0. The van der Waals surface area contributed by atoms with Crippen LogP contribution in [0.5, 0.6) is 5.75 Å². The maximum absolute atomic E-state index is 5.61. The molecule has 100 valence electrons. The van der Waals surface area contributed by atoms with Crippen LogP contribution in [0.15, 0.2) is 18.2 Å².